The number of alkyl halides is 3. The van der Waals surface area contributed by atoms with Crippen molar-refractivity contribution in [3.8, 4) is 0 Å². The molecule has 0 saturated carbocycles. The van der Waals surface area contributed by atoms with Gasteiger partial charge >= 0.3 is 6.18 Å². The van der Waals surface area contributed by atoms with Gasteiger partial charge in [-0.2, -0.15) is 13.2 Å². The van der Waals surface area contributed by atoms with Gasteiger partial charge in [0.1, 0.15) is 11.8 Å². The summed E-state index contributed by atoms with van der Waals surface area (Å²) >= 11 is 0. The number of morpholine rings is 1. The molecule has 2 aromatic heterocycles. The topological polar surface area (TPSA) is 55.3 Å². The monoisotopic (exact) mass is 441 g/mol. The largest absolute Gasteiger partial charge is 0.416 e. The first-order valence-corrected chi connectivity index (χ1v) is 10.2. The Balaban J connectivity index is 1.53. The van der Waals surface area contributed by atoms with E-state index in [0.717, 1.165) is 17.3 Å². The Labute approximate surface area is 183 Å². The van der Waals surface area contributed by atoms with Crippen molar-refractivity contribution < 1.29 is 22.7 Å². The molecule has 1 aromatic carbocycles. The minimum absolute atomic E-state index is 0.171. The minimum Gasteiger partial charge on any atom is -0.368 e. The number of benzene rings is 1. The summed E-state index contributed by atoms with van der Waals surface area (Å²) in [4.78, 5) is 23.1. The number of amides is 1. The second-order valence-electron chi connectivity index (χ2n) is 7.74. The van der Waals surface area contributed by atoms with E-state index in [1.807, 2.05) is 19.1 Å². The second-order valence-corrected chi connectivity index (χ2v) is 7.74. The van der Waals surface area contributed by atoms with Crippen LogP contribution in [0.2, 0.25) is 0 Å². The van der Waals surface area contributed by atoms with E-state index in [4.69, 9.17) is 4.74 Å². The lowest BCUT2D eigenvalue weighted by molar-refractivity contribution is -0.137. The third kappa shape index (κ3) is 5.13. The Morgan fingerprint density at radius 2 is 1.97 bits per heavy atom. The second kappa shape index (κ2) is 9.08. The van der Waals surface area contributed by atoms with Crippen molar-refractivity contribution in [2.75, 3.05) is 19.7 Å². The third-order valence-corrected chi connectivity index (χ3v) is 5.26. The fourth-order valence-electron chi connectivity index (χ4n) is 3.79. The van der Waals surface area contributed by atoms with Gasteiger partial charge in [0.25, 0.3) is 5.91 Å². The zero-order chi connectivity index (χ0) is 22.7. The van der Waals surface area contributed by atoms with E-state index in [1.54, 1.807) is 35.4 Å². The van der Waals surface area contributed by atoms with Gasteiger partial charge in [0, 0.05) is 18.4 Å². The Hall–Kier alpha value is -3.26. The summed E-state index contributed by atoms with van der Waals surface area (Å²) in [5.74, 6) is -0.171. The molecule has 0 N–H and O–H groups in total. The number of hydrogen-bond donors (Lipinski definition) is 0. The first-order chi connectivity index (χ1) is 15.3. The lowest BCUT2D eigenvalue weighted by atomic mass is 10.0. The van der Waals surface area contributed by atoms with Crippen molar-refractivity contribution in [2.24, 2.45) is 0 Å². The summed E-state index contributed by atoms with van der Waals surface area (Å²) in [5.41, 5.74) is 2.50. The Morgan fingerprint density at radius 3 is 2.72 bits per heavy atom. The van der Waals surface area contributed by atoms with Crippen LogP contribution in [0, 0.1) is 6.92 Å². The van der Waals surface area contributed by atoms with E-state index in [-0.39, 0.29) is 5.91 Å². The molecule has 3 aromatic rings. The Morgan fingerprint density at radius 1 is 1.12 bits per heavy atom. The Kier molecular flexibility index (Phi) is 6.23. The summed E-state index contributed by atoms with van der Waals surface area (Å²) in [6.07, 6.45) is -2.89. The average molecular weight is 441 g/mol. The zero-order valence-corrected chi connectivity index (χ0v) is 17.5. The number of halogens is 3. The van der Waals surface area contributed by atoms with Crippen molar-refractivity contribution in [1.82, 2.24) is 14.9 Å². The van der Waals surface area contributed by atoms with Gasteiger partial charge in [-0.05, 0) is 54.8 Å². The van der Waals surface area contributed by atoms with Crippen molar-refractivity contribution in [2.45, 2.75) is 25.6 Å². The molecule has 8 heteroatoms. The molecule has 0 unspecified atom stereocenters. The first kappa shape index (κ1) is 22.0. The van der Waals surface area contributed by atoms with Gasteiger partial charge in [-0.3, -0.25) is 14.8 Å². The molecule has 166 valence electrons. The van der Waals surface area contributed by atoms with Crippen molar-refractivity contribution in [3.05, 3.63) is 94.6 Å². The molecule has 5 nitrogen and oxygen atoms in total. The van der Waals surface area contributed by atoms with Gasteiger partial charge in [0.05, 0.1) is 24.4 Å². The maximum Gasteiger partial charge on any atom is 0.416 e. The molecule has 1 fully saturated rings. The third-order valence-electron chi connectivity index (χ3n) is 5.26. The van der Waals surface area contributed by atoms with Crippen molar-refractivity contribution in [1.29, 1.82) is 0 Å². The van der Waals surface area contributed by atoms with Gasteiger partial charge < -0.3 is 9.64 Å². The number of carbonyl (C=O) groups is 1. The predicted molar refractivity (Wildman–Crippen MR) is 112 cm³/mol. The van der Waals surface area contributed by atoms with E-state index < -0.39 is 17.8 Å². The van der Waals surface area contributed by atoms with Crippen LogP contribution in [0.1, 0.15) is 44.7 Å². The summed E-state index contributed by atoms with van der Waals surface area (Å²) in [6.45, 7) is 2.98. The van der Waals surface area contributed by atoms with E-state index in [1.165, 1.54) is 12.1 Å². The highest BCUT2D eigenvalue weighted by atomic mass is 19.4. The van der Waals surface area contributed by atoms with Crippen molar-refractivity contribution >= 4 is 5.91 Å². The van der Waals surface area contributed by atoms with Crippen LogP contribution in [-0.2, 0) is 17.3 Å². The van der Waals surface area contributed by atoms with Crippen LogP contribution < -0.4 is 0 Å². The highest BCUT2D eigenvalue weighted by Crippen LogP contribution is 2.30. The smallest absolute Gasteiger partial charge is 0.368 e. The van der Waals surface area contributed by atoms with Gasteiger partial charge in [0.2, 0.25) is 0 Å². The standard InChI is InChI=1S/C24H22F3N3O2/c1-16-11-18(12-17-5-4-6-19(13-17)24(25,26)27)14-21(29-16)22-15-30(9-10-32-22)23(31)20-7-2-3-8-28-20/h2-8,11,13-14,22H,9-10,12,15H2,1H3/t22-/m1/s1. The number of nitrogens with zero attached hydrogens (tertiary/aromatic N) is 3. The highest BCUT2D eigenvalue weighted by molar-refractivity contribution is 5.92. The molecule has 4 rings (SSSR count). The van der Waals surface area contributed by atoms with Crippen LogP contribution >= 0.6 is 0 Å². The quantitative estimate of drug-likeness (QED) is 0.594. The molecular weight excluding hydrogens is 419 g/mol. The predicted octanol–water partition coefficient (Wildman–Crippen LogP) is 4.61. The molecule has 1 aliphatic rings. The molecule has 0 spiro atoms. The average Bonchev–Trinajstić information content (AvgIpc) is 2.78. The van der Waals surface area contributed by atoms with Crippen LogP contribution in [0.25, 0.3) is 0 Å². The fraction of sp³-hybridized carbons (Fsp3) is 0.292. The number of rotatable bonds is 4. The Bertz CT molecular complexity index is 1100. The number of hydrogen-bond acceptors (Lipinski definition) is 4. The van der Waals surface area contributed by atoms with Gasteiger partial charge in [-0.1, -0.05) is 24.3 Å². The van der Waals surface area contributed by atoms with Gasteiger partial charge in [-0.15, -0.1) is 0 Å². The number of aromatic nitrogens is 2. The normalized spacial score (nSPS) is 16.8. The number of aryl methyl sites for hydroxylation is 1. The van der Waals surface area contributed by atoms with Gasteiger partial charge in [0.15, 0.2) is 0 Å². The molecule has 32 heavy (non-hydrogen) atoms. The molecule has 1 amide bonds. The van der Waals surface area contributed by atoms with E-state index >= 15 is 0 Å². The maximum absolute atomic E-state index is 13.0. The zero-order valence-electron chi connectivity index (χ0n) is 17.5. The molecule has 0 aliphatic carbocycles. The number of pyridine rings is 2. The molecule has 1 saturated heterocycles. The summed E-state index contributed by atoms with van der Waals surface area (Å²) in [7, 11) is 0. The summed E-state index contributed by atoms with van der Waals surface area (Å²) < 4.78 is 45.0. The van der Waals surface area contributed by atoms with Crippen LogP contribution in [-0.4, -0.2) is 40.5 Å². The SMILES string of the molecule is Cc1cc(Cc2cccc(C(F)(F)F)c2)cc([C@H]2CN(C(=O)c3ccccn3)CCO2)n1. The van der Waals surface area contributed by atoms with Crippen molar-refractivity contribution in [3.63, 3.8) is 0 Å². The fourth-order valence-corrected chi connectivity index (χ4v) is 3.79. The van der Waals surface area contributed by atoms with E-state index in [2.05, 4.69) is 9.97 Å². The lowest BCUT2D eigenvalue weighted by Crippen LogP contribution is -2.42. The first-order valence-electron chi connectivity index (χ1n) is 10.2. The number of ether oxygens (including phenoxy) is 1. The summed E-state index contributed by atoms with van der Waals surface area (Å²) in [5, 5.41) is 0. The molecule has 3 heterocycles. The van der Waals surface area contributed by atoms with Crippen LogP contribution in [0.3, 0.4) is 0 Å². The van der Waals surface area contributed by atoms with Crippen LogP contribution in [0.4, 0.5) is 13.2 Å². The van der Waals surface area contributed by atoms with E-state index in [9.17, 15) is 18.0 Å². The van der Waals surface area contributed by atoms with E-state index in [0.29, 0.717) is 43.1 Å². The summed E-state index contributed by atoms with van der Waals surface area (Å²) in [6, 6.07) is 14.2. The highest BCUT2D eigenvalue weighted by Gasteiger charge is 2.30. The molecule has 0 radical (unpaired) electrons. The van der Waals surface area contributed by atoms with Crippen LogP contribution in [0.5, 0.6) is 0 Å². The minimum atomic E-state index is -4.38. The molecular formula is C24H22F3N3O2. The molecule has 0 bridgehead atoms. The lowest BCUT2D eigenvalue weighted by Gasteiger charge is -2.32. The number of carbonyl (C=O) groups excluding carboxylic acids is 1. The molecule has 1 aliphatic heterocycles. The van der Waals surface area contributed by atoms with Gasteiger partial charge in [-0.25, -0.2) is 0 Å². The van der Waals surface area contributed by atoms with Crippen LogP contribution in [0.15, 0.2) is 60.8 Å². The maximum atomic E-state index is 13.0. The molecule has 1 atom stereocenters.